The van der Waals surface area contributed by atoms with Crippen molar-refractivity contribution in [2.24, 2.45) is 0 Å². The molecule has 2 aromatic rings. The molecule has 0 fully saturated rings. The first-order chi connectivity index (χ1) is 11.8. The quantitative estimate of drug-likeness (QED) is 0.914. The third-order valence-corrected chi connectivity index (χ3v) is 3.97. The fourth-order valence-corrected chi connectivity index (χ4v) is 2.77. The maximum atomic E-state index is 13.0. The van der Waals surface area contributed by atoms with Gasteiger partial charge in [0.1, 0.15) is 0 Å². The van der Waals surface area contributed by atoms with E-state index in [1.807, 2.05) is 0 Å². The number of nitrogens with zero attached hydrogens (tertiary/aromatic N) is 3. The maximum Gasteiger partial charge on any atom is 0.433 e. The third-order valence-electron chi connectivity index (χ3n) is 3.97. The van der Waals surface area contributed by atoms with Crippen LogP contribution in [0.3, 0.4) is 0 Å². The molecule has 0 saturated heterocycles. The minimum atomic E-state index is -4.66. The molecule has 9 heteroatoms. The van der Waals surface area contributed by atoms with Crippen molar-refractivity contribution in [2.75, 3.05) is 18.6 Å². The van der Waals surface area contributed by atoms with Gasteiger partial charge in [-0.3, -0.25) is 4.79 Å². The summed E-state index contributed by atoms with van der Waals surface area (Å²) in [4.78, 5) is 20.5. The van der Waals surface area contributed by atoms with Gasteiger partial charge in [-0.25, -0.2) is 4.98 Å². The molecule has 1 aliphatic heterocycles. The molecule has 0 bridgehead atoms. The van der Waals surface area contributed by atoms with Crippen molar-refractivity contribution >= 4 is 11.9 Å². The minimum Gasteiger partial charge on any atom is -0.481 e. The van der Waals surface area contributed by atoms with Crippen molar-refractivity contribution in [3.05, 3.63) is 47.2 Å². The lowest BCUT2D eigenvalue weighted by Crippen LogP contribution is -2.38. The summed E-state index contributed by atoms with van der Waals surface area (Å²) >= 11 is 0. The molecular formula is C16H14F3N3O3. The second kappa shape index (κ2) is 6.23. The molecular weight excluding hydrogens is 339 g/mol. The van der Waals surface area contributed by atoms with Crippen LogP contribution in [0.2, 0.25) is 0 Å². The fourth-order valence-electron chi connectivity index (χ4n) is 2.77. The zero-order valence-corrected chi connectivity index (χ0v) is 13.1. The molecule has 132 valence electrons. The number of hydrogen-bond acceptors (Lipinski definition) is 5. The summed E-state index contributed by atoms with van der Waals surface area (Å²) in [5.41, 5.74) is 0.214. The average Bonchev–Trinajstić information content (AvgIpc) is 2.59. The van der Waals surface area contributed by atoms with E-state index in [-0.39, 0.29) is 24.9 Å². The molecule has 1 aliphatic rings. The van der Waals surface area contributed by atoms with E-state index in [2.05, 4.69) is 9.97 Å². The maximum absolute atomic E-state index is 13.0. The number of alkyl halides is 3. The summed E-state index contributed by atoms with van der Waals surface area (Å²) in [7, 11) is 1.21. The summed E-state index contributed by atoms with van der Waals surface area (Å²) < 4.78 is 43.9. The molecule has 1 N–H and O–H groups in total. The molecule has 0 saturated carbocycles. The third kappa shape index (κ3) is 3.35. The van der Waals surface area contributed by atoms with Gasteiger partial charge in [-0.1, -0.05) is 24.3 Å². The van der Waals surface area contributed by atoms with Crippen LogP contribution in [0.15, 0.2) is 30.3 Å². The van der Waals surface area contributed by atoms with Gasteiger partial charge in [-0.05, 0) is 11.1 Å². The van der Waals surface area contributed by atoms with Crippen LogP contribution in [0.5, 0.6) is 5.88 Å². The molecule has 0 amide bonds. The van der Waals surface area contributed by atoms with Crippen LogP contribution in [0.1, 0.15) is 22.7 Å². The zero-order valence-electron chi connectivity index (χ0n) is 13.1. The number of rotatable bonds is 3. The summed E-state index contributed by atoms with van der Waals surface area (Å²) in [6.45, 7) is 0.182. The second-order valence-corrected chi connectivity index (χ2v) is 5.56. The van der Waals surface area contributed by atoms with E-state index in [9.17, 15) is 23.1 Å². The van der Waals surface area contributed by atoms with Crippen molar-refractivity contribution in [1.29, 1.82) is 0 Å². The first kappa shape index (κ1) is 17.0. The normalized spacial score (nSPS) is 17.1. The highest BCUT2D eigenvalue weighted by molar-refractivity contribution is 5.78. The van der Waals surface area contributed by atoms with Crippen LogP contribution in [-0.2, 0) is 17.5 Å². The van der Waals surface area contributed by atoms with E-state index < -0.39 is 23.8 Å². The van der Waals surface area contributed by atoms with Crippen LogP contribution in [-0.4, -0.2) is 34.7 Å². The van der Waals surface area contributed by atoms with Crippen molar-refractivity contribution < 1.29 is 27.8 Å². The van der Waals surface area contributed by atoms with Crippen molar-refractivity contribution in [2.45, 2.75) is 18.6 Å². The highest BCUT2D eigenvalue weighted by atomic mass is 19.4. The summed E-state index contributed by atoms with van der Waals surface area (Å²) in [6, 6.07) is 7.63. The summed E-state index contributed by atoms with van der Waals surface area (Å²) in [5.74, 6) is -2.39. The SMILES string of the molecule is COc1cc(C(F)(F)F)nc(N2Cc3ccccc3C(C(=O)O)C2)n1. The Kier molecular flexibility index (Phi) is 4.23. The number of fused-ring (bicyclic) bond motifs is 1. The summed E-state index contributed by atoms with van der Waals surface area (Å²) in [6.07, 6.45) is -4.66. The van der Waals surface area contributed by atoms with Crippen LogP contribution < -0.4 is 9.64 Å². The first-order valence-electron chi connectivity index (χ1n) is 7.35. The number of methoxy groups -OCH3 is 1. The molecule has 3 rings (SSSR count). The van der Waals surface area contributed by atoms with Crippen molar-refractivity contribution in [3.63, 3.8) is 0 Å². The largest absolute Gasteiger partial charge is 0.481 e. The number of aromatic nitrogens is 2. The van der Waals surface area contributed by atoms with Gasteiger partial charge < -0.3 is 14.7 Å². The molecule has 2 heterocycles. The Morgan fingerprint density at radius 3 is 2.68 bits per heavy atom. The number of carbonyl (C=O) groups is 1. The van der Waals surface area contributed by atoms with Crippen molar-refractivity contribution in [3.8, 4) is 5.88 Å². The van der Waals surface area contributed by atoms with Gasteiger partial charge in [0.15, 0.2) is 5.69 Å². The van der Waals surface area contributed by atoms with Crippen LogP contribution >= 0.6 is 0 Å². The molecule has 0 radical (unpaired) electrons. The molecule has 6 nitrogen and oxygen atoms in total. The van der Waals surface area contributed by atoms with Gasteiger partial charge in [-0.2, -0.15) is 18.2 Å². The van der Waals surface area contributed by atoms with Crippen LogP contribution in [0.25, 0.3) is 0 Å². The Hall–Kier alpha value is -2.84. The van der Waals surface area contributed by atoms with E-state index in [0.29, 0.717) is 17.2 Å². The van der Waals surface area contributed by atoms with E-state index in [0.717, 1.165) is 0 Å². The number of halogens is 3. The molecule has 1 atom stereocenters. The number of carboxylic acids is 1. The van der Waals surface area contributed by atoms with Crippen LogP contribution in [0, 0.1) is 0 Å². The van der Waals surface area contributed by atoms with E-state index in [1.54, 1.807) is 24.3 Å². The lowest BCUT2D eigenvalue weighted by Gasteiger charge is -2.33. The number of benzene rings is 1. The number of anilines is 1. The Balaban J connectivity index is 2.04. The molecule has 0 spiro atoms. The fraction of sp³-hybridized carbons (Fsp3) is 0.312. The number of hydrogen-bond donors (Lipinski definition) is 1. The number of carboxylic acid groups (broad SMARTS) is 1. The molecule has 1 aromatic carbocycles. The second-order valence-electron chi connectivity index (χ2n) is 5.56. The van der Waals surface area contributed by atoms with Crippen LogP contribution in [0.4, 0.5) is 19.1 Å². The molecule has 0 aliphatic carbocycles. The van der Waals surface area contributed by atoms with Gasteiger partial charge in [-0.15, -0.1) is 0 Å². The zero-order chi connectivity index (χ0) is 18.2. The van der Waals surface area contributed by atoms with Gasteiger partial charge in [0, 0.05) is 19.2 Å². The predicted molar refractivity (Wildman–Crippen MR) is 81.5 cm³/mol. The van der Waals surface area contributed by atoms with Gasteiger partial charge >= 0.3 is 12.1 Å². The molecule has 1 unspecified atom stereocenters. The lowest BCUT2D eigenvalue weighted by molar-refractivity contribution is -0.141. The Morgan fingerprint density at radius 2 is 2.04 bits per heavy atom. The van der Waals surface area contributed by atoms with Gasteiger partial charge in [0.2, 0.25) is 11.8 Å². The monoisotopic (exact) mass is 353 g/mol. The van der Waals surface area contributed by atoms with E-state index in [1.165, 1.54) is 12.0 Å². The number of aliphatic carboxylic acids is 1. The Labute approximate surface area is 140 Å². The lowest BCUT2D eigenvalue weighted by atomic mass is 9.90. The highest BCUT2D eigenvalue weighted by Crippen LogP contribution is 2.34. The number of ether oxygens (including phenoxy) is 1. The minimum absolute atomic E-state index is 0.0309. The predicted octanol–water partition coefficient (Wildman–Crippen LogP) is 2.69. The first-order valence-corrected chi connectivity index (χ1v) is 7.35. The Bertz CT molecular complexity index is 811. The van der Waals surface area contributed by atoms with E-state index in [4.69, 9.17) is 4.74 Å². The standard InChI is InChI=1S/C16H14F3N3O3/c1-25-13-6-12(16(17,18)19)20-15(21-13)22-7-9-4-2-3-5-10(9)11(8-22)14(23)24/h2-6,11H,7-8H2,1H3,(H,23,24). The summed E-state index contributed by atoms with van der Waals surface area (Å²) in [5, 5.41) is 9.46. The molecule has 1 aromatic heterocycles. The highest BCUT2D eigenvalue weighted by Gasteiger charge is 2.36. The topological polar surface area (TPSA) is 75.5 Å². The van der Waals surface area contributed by atoms with E-state index >= 15 is 0 Å². The van der Waals surface area contributed by atoms with Crippen molar-refractivity contribution in [1.82, 2.24) is 9.97 Å². The smallest absolute Gasteiger partial charge is 0.433 e. The van der Waals surface area contributed by atoms with Gasteiger partial charge in [0.25, 0.3) is 0 Å². The average molecular weight is 353 g/mol. The Morgan fingerprint density at radius 1 is 1.32 bits per heavy atom. The van der Waals surface area contributed by atoms with Gasteiger partial charge in [0.05, 0.1) is 13.0 Å². The molecule has 25 heavy (non-hydrogen) atoms.